The van der Waals surface area contributed by atoms with E-state index in [1.54, 1.807) is 6.20 Å². The summed E-state index contributed by atoms with van der Waals surface area (Å²) in [5.74, 6) is 1.48. The summed E-state index contributed by atoms with van der Waals surface area (Å²) in [6.45, 7) is 1.78. The molecule has 1 aliphatic heterocycles. The van der Waals surface area contributed by atoms with Crippen LogP contribution in [0.1, 0.15) is 51.4 Å². The molecule has 0 radical (unpaired) electrons. The maximum Gasteiger partial charge on any atom is 0.223 e. The van der Waals surface area contributed by atoms with E-state index in [1.165, 1.54) is 25.7 Å². The van der Waals surface area contributed by atoms with Gasteiger partial charge in [0, 0.05) is 37.3 Å². The quantitative estimate of drug-likeness (QED) is 0.872. The average Bonchev–Trinajstić information content (AvgIpc) is 2.99. The van der Waals surface area contributed by atoms with Crippen LogP contribution in [0.3, 0.4) is 0 Å². The van der Waals surface area contributed by atoms with E-state index in [0.717, 1.165) is 50.2 Å². The largest absolute Gasteiger partial charge is 0.356 e. The van der Waals surface area contributed by atoms with Crippen molar-refractivity contribution in [2.75, 3.05) is 18.0 Å². The topological polar surface area (TPSA) is 62.5 Å². The molecule has 134 valence electrons. The summed E-state index contributed by atoms with van der Waals surface area (Å²) >= 11 is 0. The van der Waals surface area contributed by atoms with Crippen molar-refractivity contribution in [1.82, 2.24) is 19.9 Å². The van der Waals surface area contributed by atoms with Crippen molar-refractivity contribution >= 4 is 17.4 Å². The van der Waals surface area contributed by atoms with Gasteiger partial charge in [-0.2, -0.15) is 9.61 Å². The Morgan fingerprint density at radius 3 is 2.52 bits per heavy atom. The maximum atomic E-state index is 12.6. The third-order valence-electron chi connectivity index (χ3n) is 5.66. The Kier molecular flexibility index (Phi) is 4.85. The molecule has 6 nitrogen and oxygen atoms in total. The summed E-state index contributed by atoms with van der Waals surface area (Å²) in [6.07, 6.45) is 12.9. The van der Waals surface area contributed by atoms with Gasteiger partial charge in [0.25, 0.3) is 0 Å². The minimum Gasteiger partial charge on any atom is -0.356 e. The van der Waals surface area contributed by atoms with Gasteiger partial charge in [-0.25, -0.2) is 4.98 Å². The van der Waals surface area contributed by atoms with E-state index in [4.69, 9.17) is 0 Å². The number of carbonyl (C=O) groups is 1. The van der Waals surface area contributed by atoms with E-state index in [1.807, 2.05) is 22.8 Å². The Morgan fingerprint density at radius 2 is 1.76 bits per heavy atom. The van der Waals surface area contributed by atoms with Gasteiger partial charge in [0.05, 0.1) is 6.20 Å². The summed E-state index contributed by atoms with van der Waals surface area (Å²) in [6, 6.07) is 4.32. The van der Waals surface area contributed by atoms with E-state index in [-0.39, 0.29) is 11.8 Å². The van der Waals surface area contributed by atoms with Gasteiger partial charge in [-0.15, -0.1) is 0 Å². The predicted octanol–water partition coefficient (Wildman–Crippen LogP) is 2.78. The minimum absolute atomic E-state index is 0.148. The van der Waals surface area contributed by atoms with Gasteiger partial charge in [0.2, 0.25) is 5.91 Å². The number of nitrogens with one attached hydrogen (secondary N) is 1. The fraction of sp³-hybridized carbons (Fsp3) is 0.632. The lowest BCUT2D eigenvalue weighted by molar-refractivity contribution is -0.126. The van der Waals surface area contributed by atoms with Crippen molar-refractivity contribution < 1.29 is 4.79 Å². The number of hydrogen-bond acceptors (Lipinski definition) is 4. The Balaban J connectivity index is 1.35. The molecule has 0 unspecified atom stereocenters. The molecular formula is C19H27N5O. The maximum absolute atomic E-state index is 12.6. The van der Waals surface area contributed by atoms with Crippen molar-refractivity contribution in [3.8, 4) is 0 Å². The van der Waals surface area contributed by atoms with Crippen molar-refractivity contribution in [3.63, 3.8) is 0 Å². The number of fused-ring (bicyclic) bond motifs is 1. The summed E-state index contributed by atoms with van der Waals surface area (Å²) < 4.78 is 1.88. The second kappa shape index (κ2) is 7.42. The standard InChI is InChI=1S/C19H27N5O/c25-19(22-16-5-3-1-2-4-6-16)15-9-13-23(14-10-15)18-8-11-20-17-7-12-21-24(17)18/h7-8,11-12,15-16H,1-6,9-10,13-14H2,(H,22,25). The molecule has 4 rings (SSSR count). The molecule has 2 aromatic heterocycles. The number of rotatable bonds is 3. The number of amides is 1. The Labute approximate surface area is 148 Å². The van der Waals surface area contributed by atoms with Crippen molar-refractivity contribution in [2.24, 2.45) is 5.92 Å². The van der Waals surface area contributed by atoms with Crippen LogP contribution in [-0.4, -0.2) is 39.6 Å². The van der Waals surface area contributed by atoms with Crippen molar-refractivity contribution in [3.05, 3.63) is 24.5 Å². The number of anilines is 1. The van der Waals surface area contributed by atoms with Gasteiger partial charge in [0.1, 0.15) is 5.82 Å². The third kappa shape index (κ3) is 3.62. The summed E-state index contributed by atoms with van der Waals surface area (Å²) in [7, 11) is 0. The minimum atomic E-state index is 0.148. The van der Waals surface area contributed by atoms with Crippen LogP contribution >= 0.6 is 0 Å². The van der Waals surface area contributed by atoms with E-state index in [2.05, 4.69) is 20.3 Å². The smallest absolute Gasteiger partial charge is 0.223 e. The Hall–Kier alpha value is -2.11. The highest BCUT2D eigenvalue weighted by molar-refractivity contribution is 5.79. The highest BCUT2D eigenvalue weighted by Gasteiger charge is 2.27. The van der Waals surface area contributed by atoms with Crippen LogP contribution < -0.4 is 10.2 Å². The van der Waals surface area contributed by atoms with Gasteiger partial charge >= 0.3 is 0 Å². The lowest BCUT2D eigenvalue weighted by Crippen LogP contribution is -2.44. The molecule has 1 N–H and O–H groups in total. The summed E-state index contributed by atoms with van der Waals surface area (Å²) in [4.78, 5) is 19.3. The first-order valence-corrected chi connectivity index (χ1v) is 9.65. The predicted molar refractivity (Wildman–Crippen MR) is 97.6 cm³/mol. The first kappa shape index (κ1) is 16.4. The van der Waals surface area contributed by atoms with E-state index in [0.29, 0.717) is 6.04 Å². The Morgan fingerprint density at radius 1 is 1.00 bits per heavy atom. The van der Waals surface area contributed by atoms with E-state index < -0.39 is 0 Å². The van der Waals surface area contributed by atoms with Crippen LogP contribution in [0.5, 0.6) is 0 Å². The second-order valence-corrected chi connectivity index (χ2v) is 7.36. The first-order chi connectivity index (χ1) is 12.3. The lowest BCUT2D eigenvalue weighted by Gasteiger charge is -2.33. The van der Waals surface area contributed by atoms with Gasteiger partial charge < -0.3 is 10.2 Å². The van der Waals surface area contributed by atoms with E-state index in [9.17, 15) is 4.79 Å². The van der Waals surface area contributed by atoms with Crippen LogP contribution in [0.2, 0.25) is 0 Å². The lowest BCUT2D eigenvalue weighted by atomic mass is 9.95. The van der Waals surface area contributed by atoms with Crippen LogP contribution in [0.25, 0.3) is 5.65 Å². The highest BCUT2D eigenvalue weighted by Crippen LogP contribution is 2.24. The fourth-order valence-electron chi connectivity index (χ4n) is 4.17. The van der Waals surface area contributed by atoms with Crippen LogP contribution in [0.15, 0.2) is 24.5 Å². The molecule has 1 aliphatic carbocycles. The second-order valence-electron chi connectivity index (χ2n) is 7.36. The molecule has 0 bridgehead atoms. The first-order valence-electron chi connectivity index (χ1n) is 9.65. The zero-order valence-corrected chi connectivity index (χ0v) is 14.7. The van der Waals surface area contributed by atoms with Gasteiger partial charge in [-0.1, -0.05) is 25.7 Å². The molecule has 6 heteroatoms. The van der Waals surface area contributed by atoms with Gasteiger partial charge in [0.15, 0.2) is 5.65 Å². The molecule has 3 heterocycles. The molecule has 2 aromatic rings. The van der Waals surface area contributed by atoms with Crippen LogP contribution in [0, 0.1) is 5.92 Å². The summed E-state index contributed by atoms with van der Waals surface area (Å²) in [5, 5.41) is 7.69. The normalized spacial score (nSPS) is 20.6. The molecule has 1 saturated heterocycles. The Bertz CT molecular complexity index is 711. The molecule has 1 amide bonds. The summed E-state index contributed by atoms with van der Waals surface area (Å²) in [5.41, 5.74) is 0.866. The van der Waals surface area contributed by atoms with E-state index >= 15 is 0 Å². The third-order valence-corrected chi connectivity index (χ3v) is 5.66. The zero-order valence-electron chi connectivity index (χ0n) is 14.7. The number of piperidine rings is 1. The zero-order chi connectivity index (χ0) is 17.1. The number of aromatic nitrogens is 3. The SMILES string of the molecule is O=C(NC1CCCCCC1)C1CCN(c2ccnc3ccnn23)CC1. The molecule has 2 aliphatic rings. The number of hydrogen-bond donors (Lipinski definition) is 1. The average molecular weight is 341 g/mol. The van der Waals surface area contributed by atoms with Crippen LogP contribution in [-0.2, 0) is 4.79 Å². The number of nitrogens with zero attached hydrogens (tertiary/aromatic N) is 4. The van der Waals surface area contributed by atoms with Gasteiger partial charge in [-0.3, -0.25) is 4.79 Å². The molecule has 0 spiro atoms. The van der Waals surface area contributed by atoms with Crippen molar-refractivity contribution in [2.45, 2.75) is 57.4 Å². The molecule has 0 atom stereocenters. The van der Waals surface area contributed by atoms with Crippen LogP contribution in [0.4, 0.5) is 5.82 Å². The molecule has 25 heavy (non-hydrogen) atoms. The monoisotopic (exact) mass is 341 g/mol. The molecular weight excluding hydrogens is 314 g/mol. The highest BCUT2D eigenvalue weighted by atomic mass is 16.1. The molecule has 2 fully saturated rings. The fourth-order valence-corrected chi connectivity index (χ4v) is 4.17. The number of carbonyl (C=O) groups excluding carboxylic acids is 1. The molecule has 0 aromatic carbocycles. The molecule has 1 saturated carbocycles. The van der Waals surface area contributed by atoms with Gasteiger partial charge in [-0.05, 0) is 31.7 Å². The van der Waals surface area contributed by atoms with Crippen molar-refractivity contribution in [1.29, 1.82) is 0 Å².